The van der Waals surface area contributed by atoms with E-state index in [0.29, 0.717) is 40.2 Å². The zero-order valence-corrected chi connectivity index (χ0v) is 37.8. The van der Waals surface area contributed by atoms with E-state index in [1.54, 1.807) is 0 Å². The number of unbranched alkanes of at least 4 members (excludes halogenated alkanes) is 2. The number of aliphatic hydroxyl groups is 2. The normalized spacial score (nSPS) is 15.6. The molecule has 2 aliphatic heterocycles. The average molecular weight is 855 g/mol. The molecule has 9 nitrogen and oxygen atoms in total. The minimum Gasteiger partial charge on any atom is -0.506 e. The lowest BCUT2D eigenvalue weighted by Crippen LogP contribution is -2.48. The first-order chi connectivity index (χ1) is 31.4. The molecule has 2 atom stereocenters. The highest BCUT2D eigenvalue weighted by Crippen LogP contribution is 2.45. The van der Waals surface area contributed by atoms with Crippen molar-refractivity contribution in [2.24, 2.45) is 16.7 Å². The van der Waals surface area contributed by atoms with Crippen molar-refractivity contribution in [1.29, 1.82) is 0 Å². The van der Waals surface area contributed by atoms with Crippen molar-refractivity contribution >= 4 is 80.4 Å². The first-order valence-corrected chi connectivity index (χ1v) is 23.3. The van der Waals surface area contributed by atoms with E-state index in [1.165, 1.54) is 38.5 Å². The topological polar surface area (TPSA) is 124 Å². The van der Waals surface area contributed by atoms with Crippen LogP contribution in [0.3, 0.4) is 0 Å². The van der Waals surface area contributed by atoms with Gasteiger partial charge in [-0.05, 0) is 82.8 Å². The Labute approximate surface area is 377 Å². The standard InChI is InChI=1S/C52H56B2N4O4.CH4O/c1-5-9-13-33(7-3)31-61-39-25-21-37(22-26-39)53-55-43-17-11-15-35-19-29-41(49(57-53)45(35)43)47-51(59)48(52(47)60)42-30-20-36-16-12-18-44-46(36)50(42)58-54(56-44)38-23-27-40(28-24-38)62-32-34(8-4)14-10-6-2;1-2/h11-12,15-30,33-34,55-57,59H,5-10,13-14,31-32H2,1-4H3;2H,1H3/b48-42-;. The third-order valence-electron chi connectivity index (χ3n) is 13.1. The summed E-state index contributed by atoms with van der Waals surface area (Å²) in [6, 6.07) is 36.6. The van der Waals surface area contributed by atoms with Gasteiger partial charge in [-0.15, -0.1) is 0 Å². The van der Waals surface area contributed by atoms with Crippen LogP contribution in [0.1, 0.15) is 84.6 Å². The molecule has 3 aliphatic rings. The molecule has 0 spiro atoms. The Balaban J connectivity index is 0.00000276. The van der Waals surface area contributed by atoms with Gasteiger partial charge in [0.05, 0.1) is 29.7 Å². The number of rotatable bonds is 17. The van der Waals surface area contributed by atoms with Crippen LogP contribution >= 0.6 is 0 Å². The van der Waals surface area contributed by atoms with Gasteiger partial charge in [0, 0.05) is 45.7 Å². The van der Waals surface area contributed by atoms with Crippen molar-refractivity contribution in [3.63, 3.8) is 0 Å². The van der Waals surface area contributed by atoms with Crippen LogP contribution in [-0.2, 0) is 4.79 Å². The number of nitrogens with one attached hydrogen (secondary N) is 3. The van der Waals surface area contributed by atoms with Gasteiger partial charge < -0.3 is 40.3 Å². The maximum Gasteiger partial charge on any atom is 0.427 e. The third kappa shape index (κ3) is 8.83. The Bertz CT molecular complexity index is 2790. The number of anilines is 3. The fourth-order valence-corrected chi connectivity index (χ4v) is 9.27. The first kappa shape index (κ1) is 44.4. The summed E-state index contributed by atoms with van der Waals surface area (Å²) in [7, 11) is 1.00. The Hall–Kier alpha value is -6.19. The number of benzene rings is 6. The second-order valence-corrected chi connectivity index (χ2v) is 17.2. The Kier molecular flexibility index (Phi) is 14.0. The molecule has 2 heterocycles. The van der Waals surface area contributed by atoms with Crippen molar-refractivity contribution < 1.29 is 24.5 Å². The van der Waals surface area contributed by atoms with E-state index in [9.17, 15) is 9.90 Å². The van der Waals surface area contributed by atoms with E-state index in [-0.39, 0.29) is 24.1 Å². The zero-order valence-electron chi connectivity index (χ0n) is 37.8. The van der Waals surface area contributed by atoms with E-state index in [1.807, 2.05) is 60.7 Å². The van der Waals surface area contributed by atoms with Crippen LogP contribution in [0.2, 0.25) is 0 Å². The Morgan fingerprint density at radius 1 is 0.625 bits per heavy atom. The number of carbonyl (C=O) groups is 1. The molecular formula is C53H60B2N4O5. The first-order valence-electron chi connectivity index (χ1n) is 23.3. The summed E-state index contributed by atoms with van der Waals surface area (Å²) in [6.45, 7) is 9.69. The van der Waals surface area contributed by atoms with Gasteiger partial charge in [-0.2, -0.15) is 0 Å². The largest absolute Gasteiger partial charge is 0.506 e. The minimum atomic E-state index is -0.394. The van der Waals surface area contributed by atoms with Gasteiger partial charge in [0.25, 0.3) is 0 Å². The van der Waals surface area contributed by atoms with Crippen LogP contribution in [0.15, 0.2) is 120 Å². The Morgan fingerprint density at radius 3 is 1.77 bits per heavy atom. The summed E-state index contributed by atoms with van der Waals surface area (Å²) in [4.78, 5) is 19.8. The summed E-state index contributed by atoms with van der Waals surface area (Å²) in [5, 5.41) is 35.3. The monoisotopic (exact) mass is 854 g/mol. The molecule has 0 saturated carbocycles. The summed E-state index contributed by atoms with van der Waals surface area (Å²) < 4.78 is 12.4. The molecule has 11 heteroatoms. The smallest absolute Gasteiger partial charge is 0.427 e. The van der Waals surface area contributed by atoms with E-state index < -0.39 is 6.98 Å². The molecule has 5 N–H and O–H groups in total. The summed E-state index contributed by atoms with van der Waals surface area (Å²) in [6.07, 6.45) is 9.41. The maximum atomic E-state index is 14.6. The lowest BCUT2D eigenvalue weighted by molar-refractivity contribution is -0.109. The van der Waals surface area contributed by atoms with E-state index in [0.717, 1.165) is 87.6 Å². The van der Waals surface area contributed by atoms with E-state index in [4.69, 9.17) is 19.5 Å². The number of carbonyl (C=O) groups excluding carboxylic acids is 1. The number of hydrogen-bond donors (Lipinski definition) is 5. The Morgan fingerprint density at radius 2 is 1.19 bits per heavy atom. The molecule has 6 aromatic rings. The molecule has 2 unspecified atom stereocenters. The highest BCUT2D eigenvalue weighted by atomic mass is 16.5. The van der Waals surface area contributed by atoms with Crippen LogP contribution in [0.4, 0.5) is 17.1 Å². The predicted octanol–water partition coefficient (Wildman–Crippen LogP) is 9.17. The van der Waals surface area contributed by atoms with Crippen LogP contribution in [0, 0.1) is 11.8 Å². The molecule has 0 radical (unpaired) electrons. The van der Waals surface area contributed by atoms with Gasteiger partial charge in [-0.25, -0.2) is 0 Å². The van der Waals surface area contributed by atoms with Gasteiger partial charge in [0.2, 0.25) is 5.78 Å². The molecule has 0 saturated heterocycles. The predicted molar refractivity (Wildman–Crippen MR) is 267 cm³/mol. The number of nitrogens with zero attached hydrogens (tertiary/aromatic N) is 1. The summed E-state index contributed by atoms with van der Waals surface area (Å²) in [5.74, 6) is 2.58. The fourth-order valence-electron chi connectivity index (χ4n) is 9.27. The summed E-state index contributed by atoms with van der Waals surface area (Å²) >= 11 is 0. The molecule has 6 aromatic carbocycles. The number of ketones is 1. The van der Waals surface area contributed by atoms with E-state index >= 15 is 0 Å². The minimum absolute atomic E-state index is 0.0185. The number of allylic oxidation sites excluding steroid dienone is 2. The van der Waals surface area contributed by atoms with Crippen molar-refractivity contribution in [3.8, 4) is 11.5 Å². The molecule has 0 fully saturated rings. The van der Waals surface area contributed by atoms with Crippen molar-refractivity contribution in [3.05, 3.63) is 131 Å². The second-order valence-electron chi connectivity index (χ2n) is 17.2. The van der Waals surface area contributed by atoms with Crippen molar-refractivity contribution in [1.82, 2.24) is 0 Å². The fraction of sp³-hybridized carbons (Fsp3) is 0.321. The lowest BCUT2D eigenvalue weighted by atomic mass is 9.65. The van der Waals surface area contributed by atoms with Gasteiger partial charge in [0.15, 0.2) is 0 Å². The van der Waals surface area contributed by atoms with Crippen LogP contribution in [-0.4, -0.2) is 50.3 Å². The van der Waals surface area contributed by atoms with Crippen molar-refractivity contribution in [2.45, 2.75) is 79.1 Å². The van der Waals surface area contributed by atoms with Gasteiger partial charge >= 0.3 is 14.0 Å². The van der Waals surface area contributed by atoms with Gasteiger partial charge in [-0.1, -0.05) is 139 Å². The van der Waals surface area contributed by atoms with Gasteiger partial charge in [0.1, 0.15) is 17.3 Å². The van der Waals surface area contributed by atoms with Crippen LogP contribution < -0.4 is 46.7 Å². The molecule has 64 heavy (non-hydrogen) atoms. The highest BCUT2D eigenvalue weighted by molar-refractivity contribution is 6.80. The second kappa shape index (κ2) is 20.1. The maximum absolute atomic E-state index is 14.6. The zero-order chi connectivity index (χ0) is 44.7. The van der Waals surface area contributed by atoms with Crippen molar-refractivity contribution in [2.75, 3.05) is 36.0 Å². The molecular weight excluding hydrogens is 794 g/mol. The third-order valence-corrected chi connectivity index (χ3v) is 13.1. The molecule has 328 valence electrons. The molecule has 1 aliphatic carbocycles. The van der Waals surface area contributed by atoms with E-state index in [2.05, 4.69) is 91.9 Å². The number of ether oxygens (including phenoxy) is 2. The molecule has 0 aromatic heterocycles. The average Bonchev–Trinajstić information content (AvgIpc) is 3.34. The molecule has 0 bridgehead atoms. The highest BCUT2D eigenvalue weighted by Gasteiger charge is 2.39. The molecule has 0 amide bonds. The number of aliphatic hydroxyl groups excluding tert-OH is 2. The quantitative estimate of drug-likeness (QED) is 0.0576. The number of hydrogen-bond acceptors (Lipinski definition) is 9. The summed E-state index contributed by atoms with van der Waals surface area (Å²) in [5.41, 5.74) is 5.98. The molecule has 9 rings (SSSR count). The van der Waals surface area contributed by atoms with Gasteiger partial charge in [-0.3, -0.25) is 4.79 Å². The SMILES string of the molecule is CCCCC(CC)COc1ccc(B2N=c3/c(=C4\C(=O)C(c5ccc6cccc7c6c5NB(c5ccc(OCC(CC)CCCC)cc5)N7)=C4O)ccc4cccc(c34)N2)cc1.CO. The number of Topliss-reactive ketones (excluding diaryl/α,β-unsaturated/α-hetero) is 1. The van der Waals surface area contributed by atoms with Crippen LogP contribution in [0.5, 0.6) is 11.5 Å². The van der Waals surface area contributed by atoms with Crippen LogP contribution in [0.25, 0.3) is 32.7 Å². The lowest BCUT2D eigenvalue weighted by Gasteiger charge is -2.31.